The molecular weight excluding hydrogens is 318 g/mol. The number of carbonyl (C=O) groups is 1. The van der Waals surface area contributed by atoms with E-state index in [0.717, 1.165) is 37.9 Å². The third kappa shape index (κ3) is 4.57. The molecule has 0 aliphatic carbocycles. The molecule has 2 N–H and O–H groups in total. The number of nitrogens with zero attached hydrogens (tertiary/aromatic N) is 3. The van der Waals surface area contributed by atoms with Crippen molar-refractivity contribution < 1.29 is 14.5 Å². The maximum atomic E-state index is 12.9. The van der Waals surface area contributed by atoms with Crippen molar-refractivity contribution in [1.82, 2.24) is 14.9 Å². The molecule has 0 aromatic carbocycles. The Bertz CT molecular complexity index is 663. The van der Waals surface area contributed by atoms with Crippen LogP contribution < -0.4 is 9.88 Å². The number of carbonyl (C=O) groups excluding carboxylic acids is 1. The minimum Gasteiger partial charge on any atom is -0.373 e. The van der Waals surface area contributed by atoms with Crippen LogP contribution in [0.3, 0.4) is 0 Å². The van der Waals surface area contributed by atoms with E-state index < -0.39 is 0 Å². The van der Waals surface area contributed by atoms with E-state index in [4.69, 9.17) is 4.74 Å². The first-order valence-corrected chi connectivity index (χ1v) is 8.75. The quantitative estimate of drug-likeness (QED) is 0.858. The number of anilines is 1. The van der Waals surface area contributed by atoms with Gasteiger partial charge in [0.15, 0.2) is 0 Å². The summed E-state index contributed by atoms with van der Waals surface area (Å²) in [6, 6.07) is 3.86. The van der Waals surface area contributed by atoms with Gasteiger partial charge in [0.05, 0.1) is 25.3 Å². The number of H-pyrrole nitrogens is 2. The zero-order valence-electron chi connectivity index (χ0n) is 14.9. The number of hydrogen-bond acceptors (Lipinski definition) is 4. The number of amides is 1. The second-order valence-electron chi connectivity index (χ2n) is 6.68. The first kappa shape index (κ1) is 17.4. The maximum Gasteiger partial charge on any atom is 0.274 e. The van der Waals surface area contributed by atoms with Gasteiger partial charge in [0, 0.05) is 25.0 Å². The van der Waals surface area contributed by atoms with Gasteiger partial charge in [-0.3, -0.25) is 9.69 Å². The summed E-state index contributed by atoms with van der Waals surface area (Å²) in [5.74, 6) is 2.20. The van der Waals surface area contributed by atoms with Crippen LogP contribution in [0.5, 0.6) is 0 Å². The van der Waals surface area contributed by atoms with Crippen LogP contribution in [0.1, 0.15) is 30.0 Å². The molecule has 0 atom stereocenters. The first-order chi connectivity index (χ1) is 12.1. The van der Waals surface area contributed by atoms with Crippen LogP contribution in [0.15, 0.2) is 30.7 Å². The van der Waals surface area contributed by atoms with E-state index in [9.17, 15) is 4.79 Å². The maximum absolute atomic E-state index is 12.9. The lowest BCUT2D eigenvalue weighted by atomic mass is 10.1. The standard InChI is InChI=1S/C18H25N5O2/c1-14(2)12-23(13-16-19-5-6-20-16)18(24)15-3-4-17(21-11-15)22-7-9-25-10-8-22/h3-6,11,14H,7-10,12-13H2,1-2H3,(H,19,20)/p+1. The largest absolute Gasteiger partial charge is 0.373 e. The molecule has 3 heterocycles. The Morgan fingerprint density at radius 2 is 2.20 bits per heavy atom. The molecule has 1 fully saturated rings. The van der Waals surface area contributed by atoms with E-state index in [-0.39, 0.29) is 5.91 Å². The normalized spacial score (nSPS) is 14.8. The van der Waals surface area contributed by atoms with Crippen molar-refractivity contribution in [3.05, 3.63) is 42.1 Å². The molecule has 2 aromatic heterocycles. The van der Waals surface area contributed by atoms with Crippen molar-refractivity contribution in [2.75, 3.05) is 37.7 Å². The monoisotopic (exact) mass is 344 g/mol. The summed E-state index contributed by atoms with van der Waals surface area (Å²) >= 11 is 0. The zero-order chi connectivity index (χ0) is 17.6. The number of rotatable bonds is 6. The van der Waals surface area contributed by atoms with Crippen LogP contribution >= 0.6 is 0 Å². The Morgan fingerprint density at radius 3 is 2.80 bits per heavy atom. The predicted molar refractivity (Wildman–Crippen MR) is 94.2 cm³/mol. The summed E-state index contributed by atoms with van der Waals surface area (Å²) in [5, 5.41) is 0. The average molecular weight is 344 g/mol. The lowest BCUT2D eigenvalue weighted by Gasteiger charge is -2.24. The molecular formula is C18H26N5O2+. The lowest BCUT2D eigenvalue weighted by Crippen LogP contribution is -2.40. The molecule has 0 saturated carbocycles. The van der Waals surface area contributed by atoms with Gasteiger partial charge in [-0.15, -0.1) is 0 Å². The van der Waals surface area contributed by atoms with Crippen LogP contribution in [-0.2, 0) is 11.3 Å². The van der Waals surface area contributed by atoms with Crippen LogP contribution in [0, 0.1) is 5.92 Å². The second-order valence-corrected chi connectivity index (χ2v) is 6.68. The van der Waals surface area contributed by atoms with Gasteiger partial charge in [-0.25, -0.2) is 9.97 Å². The van der Waals surface area contributed by atoms with E-state index in [1.165, 1.54) is 0 Å². The Kier molecular flexibility index (Phi) is 5.65. The average Bonchev–Trinajstić information content (AvgIpc) is 3.14. The fourth-order valence-corrected chi connectivity index (χ4v) is 2.96. The molecule has 7 heteroatoms. The topological polar surface area (TPSA) is 75.6 Å². The summed E-state index contributed by atoms with van der Waals surface area (Å²) in [6.45, 7) is 8.58. The minimum atomic E-state index is 0.00915. The van der Waals surface area contributed by atoms with E-state index >= 15 is 0 Å². The summed E-state index contributed by atoms with van der Waals surface area (Å²) in [4.78, 5) is 27.5. The van der Waals surface area contributed by atoms with Gasteiger partial charge < -0.3 is 14.6 Å². The fraction of sp³-hybridized carbons (Fsp3) is 0.500. The molecule has 0 unspecified atom stereocenters. The summed E-state index contributed by atoms with van der Waals surface area (Å²) in [5.41, 5.74) is 0.657. The predicted octanol–water partition coefficient (Wildman–Crippen LogP) is 1.36. The Labute approximate surface area is 148 Å². The van der Waals surface area contributed by atoms with Gasteiger partial charge in [-0.1, -0.05) is 13.8 Å². The van der Waals surface area contributed by atoms with Gasteiger partial charge in [0.1, 0.15) is 25.1 Å². The summed E-state index contributed by atoms with van der Waals surface area (Å²) in [6.07, 6.45) is 5.28. The highest BCUT2D eigenvalue weighted by atomic mass is 16.5. The Balaban J connectivity index is 1.71. The number of imidazole rings is 1. The zero-order valence-corrected chi connectivity index (χ0v) is 14.9. The van der Waals surface area contributed by atoms with Crippen LogP contribution in [-0.4, -0.2) is 53.6 Å². The van der Waals surface area contributed by atoms with Gasteiger partial charge in [-0.05, 0) is 12.0 Å². The van der Waals surface area contributed by atoms with Gasteiger partial charge >= 0.3 is 0 Å². The number of pyridine rings is 1. The van der Waals surface area contributed by atoms with Gasteiger partial charge in [-0.2, -0.15) is 0 Å². The van der Waals surface area contributed by atoms with Crippen molar-refractivity contribution in [1.29, 1.82) is 0 Å². The highest BCUT2D eigenvalue weighted by Crippen LogP contribution is 2.13. The van der Waals surface area contributed by atoms with Crippen molar-refractivity contribution in [2.24, 2.45) is 5.92 Å². The lowest BCUT2D eigenvalue weighted by molar-refractivity contribution is -0.364. The molecule has 25 heavy (non-hydrogen) atoms. The summed E-state index contributed by atoms with van der Waals surface area (Å²) in [7, 11) is 0. The van der Waals surface area contributed by atoms with Crippen molar-refractivity contribution in [3.8, 4) is 0 Å². The Morgan fingerprint density at radius 1 is 1.40 bits per heavy atom. The molecule has 0 radical (unpaired) electrons. The minimum absolute atomic E-state index is 0.00915. The van der Waals surface area contributed by atoms with Crippen molar-refractivity contribution >= 4 is 11.7 Å². The highest BCUT2D eigenvalue weighted by molar-refractivity contribution is 5.93. The first-order valence-electron chi connectivity index (χ1n) is 8.75. The number of aromatic nitrogens is 3. The van der Waals surface area contributed by atoms with Crippen LogP contribution in [0.25, 0.3) is 0 Å². The van der Waals surface area contributed by atoms with E-state index in [1.807, 2.05) is 17.0 Å². The number of aromatic amines is 2. The molecule has 7 nitrogen and oxygen atoms in total. The van der Waals surface area contributed by atoms with Gasteiger partial charge in [0.2, 0.25) is 0 Å². The number of morpholine rings is 1. The van der Waals surface area contributed by atoms with E-state index in [0.29, 0.717) is 24.6 Å². The summed E-state index contributed by atoms with van der Waals surface area (Å²) < 4.78 is 5.38. The molecule has 134 valence electrons. The molecule has 0 bridgehead atoms. The fourth-order valence-electron chi connectivity index (χ4n) is 2.96. The third-order valence-electron chi connectivity index (χ3n) is 4.16. The molecule has 0 spiro atoms. The Hall–Kier alpha value is -2.41. The number of nitrogens with one attached hydrogen (secondary N) is 2. The molecule has 1 saturated heterocycles. The smallest absolute Gasteiger partial charge is 0.274 e. The second kappa shape index (κ2) is 8.11. The van der Waals surface area contributed by atoms with E-state index in [2.05, 4.69) is 33.7 Å². The highest BCUT2D eigenvalue weighted by Gasteiger charge is 2.22. The SMILES string of the molecule is CC(C)CN(Cc1ncc[nH]1)C(=O)c1ccc(N2CCOCC2)[nH+]c1. The number of hydrogen-bond donors (Lipinski definition) is 1. The third-order valence-corrected chi connectivity index (χ3v) is 4.16. The van der Waals surface area contributed by atoms with Gasteiger partial charge in [0.25, 0.3) is 11.7 Å². The molecule has 3 rings (SSSR count). The van der Waals surface area contributed by atoms with E-state index in [1.54, 1.807) is 18.6 Å². The van der Waals surface area contributed by atoms with Crippen molar-refractivity contribution in [3.63, 3.8) is 0 Å². The number of ether oxygens (including phenoxy) is 1. The molecule has 1 aliphatic heterocycles. The van der Waals surface area contributed by atoms with Crippen LogP contribution in [0.4, 0.5) is 5.82 Å². The van der Waals surface area contributed by atoms with Crippen molar-refractivity contribution in [2.45, 2.75) is 20.4 Å². The molecule has 2 aromatic rings. The molecule has 1 amide bonds. The van der Waals surface area contributed by atoms with Crippen LogP contribution in [0.2, 0.25) is 0 Å². The molecule has 1 aliphatic rings.